The molecule has 1 nitrogen and oxygen atoms in total. The normalized spacial score (nSPS) is 14.3. The molecule has 0 aromatic heterocycles. The third-order valence-corrected chi connectivity index (χ3v) is 3.13. The largest absolute Gasteiger partial charge is 0.416 e. The second-order valence-electron chi connectivity index (χ2n) is 4.96. The number of halogens is 6. The van der Waals surface area contributed by atoms with Crippen molar-refractivity contribution in [3.63, 3.8) is 0 Å². The van der Waals surface area contributed by atoms with Crippen LogP contribution in [0.2, 0.25) is 0 Å². The van der Waals surface area contributed by atoms with Crippen molar-refractivity contribution in [3.8, 4) is 0 Å². The van der Waals surface area contributed by atoms with E-state index in [1.165, 1.54) is 0 Å². The van der Waals surface area contributed by atoms with Crippen LogP contribution in [0.4, 0.5) is 26.3 Å². The quantitative estimate of drug-likeness (QED) is 0.783. The van der Waals surface area contributed by atoms with Crippen LogP contribution in [0.1, 0.15) is 36.5 Å². The monoisotopic (exact) mass is 314 g/mol. The predicted octanol–water partition coefficient (Wildman–Crippen LogP) is 4.68. The number of alkyl halides is 6. The lowest BCUT2D eigenvalue weighted by Crippen LogP contribution is -2.14. The van der Waals surface area contributed by atoms with Gasteiger partial charge in [0.15, 0.2) is 0 Å². The van der Waals surface area contributed by atoms with Crippen molar-refractivity contribution in [3.05, 3.63) is 34.9 Å². The van der Waals surface area contributed by atoms with Gasteiger partial charge in [0.25, 0.3) is 0 Å². The summed E-state index contributed by atoms with van der Waals surface area (Å²) in [4.78, 5) is 0. The Morgan fingerprint density at radius 2 is 1.43 bits per heavy atom. The second kappa shape index (κ2) is 6.68. The molecule has 0 aliphatic rings. The number of benzene rings is 1. The average molecular weight is 314 g/mol. The highest BCUT2D eigenvalue weighted by atomic mass is 19.4. The van der Waals surface area contributed by atoms with E-state index in [4.69, 9.17) is 5.11 Å². The van der Waals surface area contributed by atoms with Gasteiger partial charge in [-0.15, -0.1) is 0 Å². The van der Waals surface area contributed by atoms with E-state index in [1.807, 2.05) is 6.92 Å². The fourth-order valence-corrected chi connectivity index (χ4v) is 2.14. The number of rotatable bonds is 5. The third-order valence-electron chi connectivity index (χ3n) is 3.13. The maximum Gasteiger partial charge on any atom is 0.416 e. The average Bonchev–Trinajstić information content (AvgIpc) is 2.35. The van der Waals surface area contributed by atoms with Crippen LogP contribution in [0.15, 0.2) is 18.2 Å². The summed E-state index contributed by atoms with van der Waals surface area (Å²) in [6.45, 7) is 1.56. The highest BCUT2D eigenvalue weighted by Crippen LogP contribution is 2.36. The zero-order chi connectivity index (χ0) is 16.3. The summed E-state index contributed by atoms with van der Waals surface area (Å²) in [6.07, 6.45) is -8.47. The van der Waals surface area contributed by atoms with Gasteiger partial charge < -0.3 is 5.11 Å². The van der Waals surface area contributed by atoms with Crippen LogP contribution in [-0.2, 0) is 18.8 Å². The molecule has 0 aliphatic carbocycles. The first-order valence-corrected chi connectivity index (χ1v) is 6.47. The lowest BCUT2D eigenvalue weighted by Gasteiger charge is -2.17. The van der Waals surface area contributed by atoms with Crippen LogP contribution in [0, 0.1) is 5.92 Å². The summed E-state index contributed by atoms with van der Waals surface area (Å²) in [6, 6.07) is 1.54. The topological polar surface area (TPSA) is 20.2 Å². The van der Waals surface area contributed by atoms with E-state index in [1.54, 1.807) is 0 Å². The van der Waals surface area contributed by atoms with Crippen molar-refractivity contribution in [2.45, 2.75) is 38.5 Å². The van der Waals surface area contributed by atoms with Gasteiger partial charge in [0.05, 0.1) is 11.1 Å². The van der Waals surface area contributed by atoms with Crippen molar-refractivity contribution in [2.75, 3.05) is 6.61 Å². The SMILES string of the molecule is CCC[C@H](CO)Cc1cc(C(F)(F)F)cc(C(F)(F)F)c1. The van der Waals surface area contributed by atoms with E-state index in [-0.39, 0.29) is 30.6 Å². The Hall–Kier alpha value is -1.24. The van der Waals surface area contributed by atoms with Crippen LogP contribution in [0.3, 0.4) is 0 Å². The molecule has 1 aromatic rings. The Labute approximate surface area is 118 Å². The lowest BCUT2D eigenvalue weighted by molar-refractivity contribution is -0.143. The molecule has 0 saturated carbocycles. The molecule has 21 heavy (non-hydrogen) atoms. The van der Waals surface area contributed by atoms with Crippen LogP contribution in [-0.4, -0.2) is 11.7 Å². The highest BCUT2D eigenvalue weighted by molar-refractivity contribution is 5.33. The molecule has 0 spiro atoms. The molecule has 1 N–H and O–H groups in total. The van der Waals surface area contributed by atoms with E-state index in [9.17, 15) is 26.3 Å². The molecule has 0 aliphatic heterocycles. The van der Waals surface area contributed by atoms with Gasteiger partial charge in [0.1, 0.15) is 0 Å². The zero-order valence-corrected chi connectivity index (χ0v) is 11.4. The molecule has 1 rings (SSSR count). The van der Waals surface area contributed by atoms with Crippen molar-refractivity contribution in [2.24, 2.45) is 5.92 Å². The highest BCUT2D eigenvalue weighted by Gasteiger charge is 2.36. The van der Waals surface area contributed by atoms with Gasteiger partial charge in [0, 0.05) is 6.61 Å². The zero-order valence-electron chi connectivity index (χ0n) is 11.4. The molecule has 0 bridgehead atoms. The van der Waals surface area contributed by atoms with E-state index >= 15 is 0 Å². The molecule has 1 atom stereocenters. The molecular formula is C14H16F6O. The van der Waals surface area contributed by atoms with Crippen LogP contribution in [0.5, 0.6) is 0 Å². The summed E-state index contributed by atoms with van der Waals surface area (Å²) in [5.74, 6) is -0.348. The fraction of sp³-hybridized carbons (Fsp3) is 0.571. The number of hydrogen-bond donors (Lipinski definition) is 1. The molecule has 120 valence electrons. The van der Waals surface area contributed by atoms with Gasteiger partial charge in [0.2, 0.25) is 0 Å². The summed E-state index contributed by atoms with van der Waals surface area (Å²) >= 11 is 0. The molecule has 0 heterocycles. The van der Waals surface area contributed by atoms with Crippen LogP contribution in [0.25, 0.3) is 0 Å². The van der Waals surface area contributed by atoms with Crippen molar-refractivity contribution in [1.82, 2.24) is 0 Å². The molecule has 0 amide bonds. The van der Waals surface area contributed by atoms with Gasteiger partial charge in [-0.05, 0) is 42.5 Å². The first-order chi connectivity index (χ1) is 9.57. The van der Waals surface area contributed by atoms with E-state index in [0.29, 0.717) is 25.0 Å². The number of hydrogen-bond acceptors (Lipinski definition) is 1. The van der Waals surface area contributed by atoms with Crippen LogP contribution >= 0.6 is 0 Å². The molecular weight excluding hydrogens is 298 g/mol. The smallest absolute Gasteiger partial charge is 0.396 e. The van der Waals surface area contributed by atoms with E-state index in [0.717, 1.165) is 0 Å². The van der Waals surface area contributed by atoms with Gasteiger partial charge in [-0.2, -0.15) is 26.3 Å². The van der Waals surface area contributed by atoms with E-state index in [2.05, 4.69) is 0 Å². The maximum atomic E-state index is 12.7. The van der Waals surface area contributed by atoms with Gasteiger partial charge in [-0.3, -0.25) is 0 Å². The minimum absolute atomic E-state index is 0.0165. The number of aliphatic hydroxyl groups excluding tert-OH is 1. The Kier molecular flexibility index (Phi) is 5.67. The molecule has 0 fully saturated rings. The minimum Gasteiger partial charge on any atom is -0.396 e. The Bertz CT molecular complexity index is 431. The Balaban J connectivity index is 3.19. The Morgan fingerprint density at radius 1 is 0.952 bits per heavy atom. The third kappa shape index (κ3) is 5.22. The minimum atomic E-state index is -4.84. The summed E-state index contributed by atoms with van der Waals surface area (Å²) < 4.78 is 76.1. The molecule has 7 heteroatoms. The van der Waals surface area contributed by atoms with E-state index < -0.39 is 23.5 Å². The maximum absolute atomic E-state index is 12.7. The fourth-order valence-electron chi connectivity index (χ4n) is 2.14. The molecule has 0 saturated heterocycles. The number of aliphatic hydroxyl groups is 1. The van der Waals surface area contributed by atoms with Crippen molar-refractivity contribution in [1.29, 1.82) is 0 Å². The first-order valence-electron chi connectivity index (χ1n) is 6.47. The molecule has 1 aromatic carbocycles. The van der Waals surface area contributed by atoms with Gasteiger partial charge >= 0.3 is 12.4 Å². The first kappa shape index (κ1) is 17.8. The Morgan fingerprint density at radius 3 is 1.76 bits per heavy atom. The lowest BCUT2D eigenvalue weighted by atomic mass is 9.93. The van der Waals surface area contributed by atoms with Crippen molar-refractivity contribution < 1.29 is 31.4 Å². The standard InChI is InChI=1S/C14H16F6O/c1-2-3-9(8-21)4-10-5-11(13(15,16)17)7-12(6-10)14(18,19)20/h5-7,9,21H,2-4,8H2,1H3/t9-/m0/s1. The molecule has 0 radical (unpaired) electrons. The second-order valence-corrected chi connectivity index (χ2v) is 4.96. The summed E-state index contributed by atoms with van der Waals surface area (Å²) in [5.41, 5.74) is -2.70. The summed E-state index contributed by atoms with van der Waals surface area (Å²) in [5, 5.41) is 9.13. The molecule has 0 unspecified atom stereocenters. The van der Waals surface area contributed by atoms with Crippen LogP contribution < -0.4 is 0 Å². The van der Waals surface area contributed by atoms with Crippen molar-refractivity contribution >= 4 is 0 Å². The summed E-state index contributed by atoms with van der Waals surface area (Å²) in [7, 11) is 0. The van der Waals surface area contributed by atoms with Gasteiger partial charge in [-0.1, -0.05) is 13.3 Å². The predicted molar refractivity (Wildman–Crippen MR) is 65.6 cm³/mol. The van der Waals surface area contributed by atoms with Gasteiger partial charge in [-0.25, -0.2) is 0 Å².